The third-order valence-electron chi connectivity index (χ3n) is 5.71. The Balaban J connectivity index is 1.71. The molecule has 0 saturated carbocycles. The Labute approximate surface area is 205 Å². The number of piperidine rings is 1. The van der Waals surface area contributed by atoms with Crippen molar-refractivity contribution in [3.63, 3.8) is 0 Å². The Morgan fingerprint density at radius 2 is 1.76 bits per heavy atom. The van der Waals surface area contributed by atoms with E-state index < -0.39 is 29.6 Å². The van der Waals surface area contributed by atoms with Crippen molar-refractivity contribution in [3.05, 3.63) is 56.6 Å². The summed E-state index contributed by atoms with van der Waals surface area (Å²) in [6.45, 7) is 3.50. The molecule has 0 bridgehead atoms. The number of carbonyl (C=O) groups is 3. The number of halogens is 2. The van der Waals surface area contributed by atoms with Crippen molar-refractivity contribution >= 4 is 46.9 Å². The number of urea groups is 1. The van der Waals surface area contributed by atoms with Crippen molar-refractivity contribution in [2.45, 2.75) is 57.8 Å². The monoisotopic (exact) mass is 509 g/mol. The number of hydrogen-bond donors (Lipinski definition) is 3. The number of nitrogens with zero attached hydrogens (tertiary/aromatic N) is 3. The van der Waals surface area contributed by atoms with Crippen LogP contribution in [0.3, 0.4) is 0 Å². The summed E-state index contributed by atoms with van der Waals surface area (Å²) in [5.74, 6) is -2.00. The summed E-state index contributed by atoms with van der Waals surface area (Å²) in [7, 11) is 0. The minimum absolute atomic E-state index is 0.0166. The fraction of sp³-hybridized carbons (Fsp3) is 0.409. The number of aliphatic carboxylic acids is 1. The van der Waals surface area contributed by atoms with Crippen LogP contribution in [-0.4, -0.2) is 55.6 Å². The van der Waals surface area contributed by atoms with Gasteiger partial charge in [-0.1, -0.05) is 29.3 Å². The molecule has 3 N–H and O–H groups in total. The van der Waals surface area contributed by atoms with Gasteiger partial charge in [-0.3, -0.25) is 9.36 Å². The van der Waals surface area contributed by atoms with E-state index in [0.29, 0.717) is 0 Å². The molecule has 12 heteroatoms. The SMILES string of the molecule is C[C@@H]1CCC[C@H](C)N1C(=O)N[C@@H](Cn1ccc(NC(=O)c2c(Cl)cccc2Cl)nc1=O)C(=O)O. The maximum atomic E-state index is 12.8. The Hall–Kier alpha value is -3.11. The summed E-state index contributed by atoms with van der Waals surface area (Å²) in [6, 6.07) is 4.04. The number of benzene rings is 1. The van der Waals surface area contributed by atoms with Gasteiger partial charge in [-0.05, 0) is 51.3 Å². The van der Waals surface area contributed by atoms with Gasteiger partial charge in [0.25, 0.3) is 5.91 Å². The van der Waals surface area contributed by atoms with Crippen LogP contribution >= 0.6 is 23.2 Å². The minimum Gasteiger partial charge on any atom is -0.480 e. The Morgan fingerprint density at radius 1 is 1.15 bits per heavy atom. The van der Waals surface area contributed by atoms with Crippen LogP contribution in [0.1, 0.15) is 43.5 Å². The number of nitrogens with one attached hydrogen (secondary N) is 2. The maximum Gasteiger partial charge on any atom is 0.349 e. The molecule has 182 valence electrons. The lowest BCUT2D eigenvalue weighted by atomic mass is 9.98. The molecule has 0 spiro atoms. The molecular weight excluding hydrogens is 485 g/mol. The molecular formula is C22H25Cl2N5O5. The van der Waals surface area contributed by atoms with Gasteiger partial charge in [0.15, 0.2) is 0 Å². The smallest absolute Gasteiger partial charge is 0.349 e. The average Bonchev–Trinajstić information content (AvgIpc) is 2.74. The fourth-order valence-electron chi connectivity index (χ4n) is 3.96. The highest BCUT2D eigenvalue weighted by Crippen LogP contribution is 2.25. The largest absolute Gasteiger partial charge is 0.480 e. The van der Waals surface area contributed by atoms with Gasteiger partial charge in [-0.25, -0.2) is 14.4 Å². The van der Waals surface area contributed by atoms with Gasteiger partial charge in [0.05, 0.1) is 22.2 Å². The first-order valence-corrected chi connectivity index (χ1v) is 11.5. The van der Waals surface area contributed by atoms with Crippen LogP contribution < -0.4 is 16.3 Å². The van der Waals surface area contributed by atoms with E-state index in [9.17, 15) is 24.3 Å². The van der Waals surface area contributed by atoms with Gasteiger partial charge in [-0.2, -0.15) is 4.98 Å². The highest BCUT2D eigenvalue weighted by Gasteiger charge is 2.32. The van der Waals surface area contributed by atoms with E-state index in [1.165, 1.54) is 24.4 Å². The number of carbonyl (C=O) groups excluding carboxylic acids is 2. The number of hydrogen-bond acceptors (Lipinski definition) is 5. The molecule has 0 aliphatic carbocycles. The number of anilines is 1. The van der Waals surface area contributed by atoms with E-state index >= 15 is 0 Å². The van der Waals surface area contributed by atoms with E-state index in [1.807, 2.05) is 13.8 Å². The summed E-state index contributed by atoms with van der Waals surface area (Å²) < 4.78 is 1.04. The first-order chi connectivity index (χ1) is 16.1. The number of likely N-dealkylation sites (tertiary alicyclic amines) is 1. The predicted molar refractivity (Wildman–Crippen MR) is 127 cm³/mol. The number of amides is 3. The quantitative estimate of drug-likeness (QED) is 0.547. The average molecular weight is 510 g/mol. The Morgan fingerprint density at radius 3 is 2.32 bits per heavy atom. The number of carboxylic acid groups (broad SMARTS) is 1. The lowest BCUT2D eigenvalue weighted by Gasteiger charge is -2.39. The summed E-state index contributed by atoms with van der Waals surface area (Å²) in [5.41, 5.74) is -0.769. The van der Waals surface area contributed by atoms with Crippen LogP contribution in [0, 0.1) is 0 Å². The van der Waals surface area contributed by atoms with Crippen LogP contribution in [0.5, 0.6) is 0 Å². The number of carboxylic acids is 1. The van der Waals surface area contributed by atoms with Gasteiger partial charge in [0.1, 0.15) is 11.9 Å². The summed E-state index contributed by atoms with van der Waals surface area (Å²) >= 11 is 12.0. The van der Waals surface area contributed by atoms with Crippen molar-refractivity contribution in [2.75, 3.05) is 5.32 Å². The molecule has 1 fully saturated rings. The van der Waals surface area contributed by atoms with Crippen molar-refractivity contribution in [3.8, 4) is 0 Å². The molecule has 0 radical (unpaired) electrons. The number of rotatable bonds is 6. The van der Waals surface area contributed by atoms with Gasteiger partial charge < -0.3 is 20.6 Å². The van der Waals surface area contributed by atoms with E-state index in [2.05, 4.69) is 15.6 Å². The summed E-state index contributed by atoms with van der Waals surface area (Å²) in [4.78, 5) is 54.9. The molecule has 1 aromatic carbocycles. The third kappa shape index (κ3) is 5.87. The van der Waals surface area contributed by atoms with Gasteiger partial charge in [0, 0.05) is 18.3 Å². The van der Waals surface area contributed by atoms with Gasteiger partial charge in [0.2, 0.25) is 0 Å². The predicted octanol–water partition coefficient (Wildman–Crippen LogP) is 3.23. The zero-order valence-electron chi connectivity index (χ0n) is 18.6. The van der Waals surface area contributed by atoms with E-state index in [1.54, 1.807) is 11.0 Å². The molecule has 3 rings (SSSR count). The third-order valence-corrected chi connectivity index (χ3v) is 6.34. The maximum absolute atomic E-state index is 12.8. The van der Waals surface area contributed by atoms with Crippen LogP contribution in [0.2, 0.25) is 10.0 Å². The molecule has 1 aliphatic heterocycles. The van der Waals surface area contributed by atoms with Crippen molar-refractivity contribution in [2.24, 2.45) is 0 Å². The molecule has 3 amide bonds. The summed E-state index contributed by atoms with van der Waals surface area (Å²) in [6.07, 6.45) is 3.96. The van der Waals surface area contributed by atoms with Crippen LogP contribution in [0.25, 0.3) is 0 Å². The Bertz CT molecular complexity index is 1120. The normalized spacial score (nSPS) is 18.8. The second-order valence-electron chi connectivity index (χ2n) is 8.18. The van der Waals surface area contributed by atoms with Crippen molar-refractivity contribution < 1.29 is 19.5 Å². The lowest BCUT2D eigenvalue weighted by Crippen LogP contribution is -2.56. The molecule has 10 nitrogen and oxygen atoms in total. The topological polar surface area (TPSA) is 134 Å². The molecule has 34 heavy (non-hydrogen) atoms. The lowest BCUT2D eigenvalue weighted by molar-refractivity contribution is -0.139. The van der Waals surface area contributed by atoms with Crippen molar-refractivity contribution in [1.29, 1.82) is 0 Å². The highest BCUT2D eigenvalue weighted by molar-refractivity contribution is 6.40. The molecule has 1 aromatic heterocycles. The van der Waals surface area contributed by atoms with Crippen LogP contribution in [-0.2, 0) is 11.3 Å². The zero-order chi connectivity index (χ0) is 25.0. The van der Waals surface area contributed by atoms with Gasteiger partial charge in [-0.15, -0.1) is 0 Å². The second kappa shape index (κ2) is 10.9. The van der Waals surface area contributed by atoms with E-state index in [0.717, 1.165) is 23.8 Å². The first-order valence-electron chi connectivity index (χ1n) is 10.7. The second-order valence-corrected chi connectivity index (χ2v) is 8.99. The molecule has 3 atom stereocenters. The molecule has 1 aliphatic rings. The van der Waals surface area contributed by atoms with Crippen LogP contribution in [0.15, 0.2) is 35.3 Å². The standard InChI is InChI=1S/C22H25Cl2N5O5/c1-12-5-3-6-13(2)29(12)22(34)25-16(20(31)32)11-28-10-9-17(27-21(28)33)26-19(30)18-14(23)7-4-8-15(18)24/h4,7-10,12-13,16H,3,5-6,11H2,1-2H3,(H,25,34)(H,31,32)(H,26,27,30,33)/t12-,13+,16-/m0/s1. The van der Waals surface area contributed by atoms with E-state index in [-0.39, 0.29) is 40.1 Å². The van der Waals surface area contributed by atoms with Crippen LogP contribution in [0.4, 0.5) is 10.6 Å². The van der Waals surface area contributed by atoms with E-state index in [4.69, 9.17) is 23.2 Å². The zero-order valence-corrected chi connectivity index (χ0v) is 20.1. The van der Waals surface area contributed by atoms with Gasteiger partial charge >= 0.3 is 17.7 Å². The van der Waals surface area contributed by atoms with Crippen molar-refractivity contribution in [1.82, 2.24) is 19.8 Å². The minimum atomic E-state index is -1.35. The number of aromatic nitrogens is 2. The molecule has 0 unspecified atom stereocenters. The summed E-state index contributed by atoms with van der Waals surface area (Å²) in [5, 5.41) is 14.8. The first kappa shape index (κ1) is 25.5. The fourth-order valence-corrected chi connectivity index (χ4v) is 4.53. The highest BCUT2D eigenvalue weighted by atomic mass is 35.5. The molecule has 1 saturated heterocycles. The molecule has 2 heterocycles. The Kier molecular flexibility index (Phi) is 8.16. The molecule has 2 aromatic rings.